The molecule has 5 aliphatic carbocycles. The van der Waals surface area contributed by atoms with E-state index in [0.29, 0.717) is 37.2 Å². The van der Waals surface area contributed by atoms with Crippen molar-refractivity contribution in [3.8, 4) is 0 Å². The van der Waals surface area contributed by atoms with Crippen molar-refractivity contribution in [2.45, 2.75) is 97.6 Å². The molecule has 7 nitrogen and oxygen atoms in total. The van der Waals surface area contributed by atoms with Crippen molar-refractivity contribution in [1.82, 2.24) is 0 Å². The molecular formula is C32H40O7. The molecule has 2 saturated heterocycles. The number of carbonyl (C=O) groups is 3. The smallest absolute Gasteiger partial charge is 0.334 e. The Kier molecular flexibility index (Phi) is 5.15. The van der Waals surface area contributed by atoms with Gasteiger partial charge in [-0.05, 0) is 57.3 Å². The summed E-state index contributed by atoms with van der Waals surface area (Å²) in [6.45, 7) is 14.1. The van der Waals surface area contributed by atoms with E-state index in [2.05, 4.69) is 40.3 Å². The van der Waals surface area contributed by atoms with E-state index in [4.69, 9.17) is 14.2 Å². The van der Waals surface area contributed by atoms with Crippen LogP contribution in [0.15, 0.2) is 34.9 Å². The Balaban J connectivity index is 1.39. The molecule has 0 aromatic carbocycles. The molecule has 7 rings (SSSR count). The SMILES string of the molecule is C=C1C(=O)O[C@H]2C[C@H](C)[C@@]34C[C@@]5(C(=O)O[C@@H]6C[C@]7(C)C(=C[C@@H]65)[C@@H](C)CC[C@H]7O)[C@@H](C(C)=C3C[C@H]12)[C@@H]4OC(C)=O. The quantitative estimate of drug-likeness (QED) is 0.229. The van der Waals surface area contributed by atoms with Crippen LogP contribution in [0.5, 0.6) is 0 Å². The average molecular weight is 537 g/mol. The highest BCUT2D eigenvalue weighted by Crippen LogP contribution is 2.76. The Morgan fingerprint density at radius 2 is 1.90 bits per heavy atom. The minimum atomic E-state index is -0.823. The van der Waals surface area contributed by atoms with Gasteiger partial charge in [-0.1, -0.05) is 50.1 Å². The van der Waals surface area contributed by atoms with E-state index in [1.165, 1.54) is 18.1 Å². The molecule has 7 heteroatoms. The first kappa shape index (κ1) is 25.6. The Bertz CT molecular complexity index is 1280. The number of hydrogen-bond acceptors (Lipinski definition) is 7. The van der Waals surface area contributed by atoms with E-state index in [0.717, 1.165) is 18.4 Å². The fourth-order valence-corrected chi connectivity index (χ4v) is 10.7. The van der Waals surface area contributed by atoms with Crippen LogP contribution < -0.4 is 0 Å². The fraction of sp³-hybridized carbons (Fsp3) is 0.719. The second kappa shape index (κ2) is 7.86. The van der Waals surface area contributed by atoms with Crippen LogP contribution in [0.3, 0.4) is 0 Å². The second-order valence-electron chi connectivity index (χ2n) is 14.1. The second-order valence-corrected chi connectivity index (χ2v) is 14.1. The molecule has 2 heterocycles. The number of esters is 3. The number of aliphatic hydroxyl groups is 1. The molecule has 39 heavy (non-hydrogen) atoms. The molecule has 1 N–H and O–H groups in total. The van der Waals surface area contributed by atoms with Gasteiger partial charge in [-0.3, -0.25) is 9.59 Å². The Morgan fingerprint density at radius 3 is 2.62 bits per heavy atom. The number of rotatable bonds is 1. The summed E-state index contributed by atoms with van der Waals surface area (Å²) in [7, 11) is 0. The minimum absolute atomic E-state index is 0.0219. The molecule has 0 aromatic rings. The standard InChI is InChI=1S/C32H40O7/c1-14-7-8-25(34)30(6)12-24-22(11-20(14)30)32(29(36)39-24)13-31-15(2)9-23-19(16(3)28(35)38-23)10-21(31)17(4)26(32)27(31)37-18(5)33/h11,14-15,19,22-27,34H,3,7-10,12-13H2,1-2,4-6H3/t14-,15-,19+,22-,23-,24+,25+,26-,27-,30+,31-,32-/m0/s1. The molecule has 7 aliphatic rings. The Hall–Kier alpha value is -2.41. The zero-order valence-electron chi connectivity index (χ0n) is 23.6. The van der Waals surface area contributed by atoms with Gasteiger partial charge in [0.25, 0.3) is 0 Å². The van der Waals surface area contributed by atoms with Gasteiger partial charge in [0.15, 0.2) is 0 Å². The average Bonchev–Trinajstić information content (AvgIpc) is 3.44. The van der Waals surface area contributed by atoms with Gasteiger partial charge in [-0.15, -0.1) is 0 Å². The van der Waals surface area contributed by atoms with E-state index in [-0.39, 0.29) is 53.8 Å². The largest absolute Gasteiger partial charge is 0.461 e. The summed E-state index contributed by atoms with van der Waals surface area (Å²) in [6, 6.07) is 0. The highest BCUT2D eigenvalue weighted by atomic mass is 16.6. The fourth-order valence-electron chi connectivity index (χ4n) is 10.7. The summed E-state index contributed by atoms with van der Waals surface area (Å²) in [5.74, 6) is -1.01. The third kappa shape index (κ3) is 2.90. The Morgan fingerprint density at radius 1 is 1.15 bits per heavy atom. The topological polar surface area (TPSA) is 99.1 Å². The maximum Gasteiger partial charge on any atom is 0.334 e. The van der Waals surface area contributed by atoms with Crippen molar-refractivity contribution in [2.24, 2.45) is 45.8 Å². The van der Waals surface area contributed by atoms with Crippen LogP contribution in [0.4, 0.5) is 0 Å². The highest BCUT2D eigenvalue weighted by Gasteiger charge is 2.79. The lowest BCUT2D eigenvalue weighted by Crippen LogP contribution is -2.49. The van der Waals surface area contributed by atoms with Gasteiger partial charge in [0.05, 0.1) is 11.5 Å². The van der Waals surface area contributed by atoms with E-state index < -0.39 is 28.5 Å². The van der Waals surface area contributed by atoms with Gasteiger partial charge in [-0.2, -0.15) is 0 Å². The number of ether oxygens (including phenoxy) is 3. The zero-order valence-corrected chi connectivity index (χ0v) is 23.6. The first-order chi connectivity index (χ1) is 18.4. The molecule has 2 bridgehead atoms. The van der Waals surface area contributed by atoms with Crippen LogP contribution >= 0.6 is 0 Å². The lowest BCUT2D eigenvalue weighted by Gasteiger charge is -2.50. The summed E-state index contributed by atoms with van der Waals surface area (Å²) in [5.41, 5.74) is 2.34. The summed E-state index contributed by atoms with van der Waals surface area (Å²) < 4.78 is 18.3. The predicted octanol–water partition coefficient (Wildman–Crippen LogP) is 4.44. The Labute approximate surface area is 230 Å². The highest BCUT2D eigenvalue weighted by molar-refractivity contribution is 5.91. The monoisotopic (exact) mass is 536 g/mol. The van der Waals surface area contributed by atoms with E-state index in [1.54, 1.807) is 0 Å². The first-order valence-electron chi connectivity index (χ1n) is 14.7. The molecule has 0 unspecified atom stereocenters. The van der Waals surface area contributed by atoms with Gasteiger partial charge in [0, 0.05) is 41.1 Å². The molecule has 0 aromatic heterocycles. The van der Waals surface area contributed by atoms with Gasteiger partial charge >= 0.3 is 17.9 Å². The lowest BCUT2D eigenvalue weighted by molar-refractivity contribution is -0.156. The van der Waals surface area contributed by atoms with Crippen molar-refractivity contribution in [3.05, 3.63) is 34.9 Å². The van der Waals surface area contributed by atoms with Crippen LogP contribution in [0.25, 0.3) is 0 Å². The predicted molar refractivity (Wildman–Crippen MR) is 141 cm³/mol. The van der Waals surface area contributed by atoms with Crippen LogP contribution in [-0.2, 0) is 28.6 Å². The van der Waals surface area contributed by atoms with Gasteiger partial charge in [0.1, 0.15) is 18.3 Å². The van der Waals surface area contributed by atoms with Crippen molar-refractivity contribution >= 4 is 17.9 Å². The van der Waals surface area contributed by atoms with Crippen LogP contribution in [-0.4, -0.2) is 47.4 Å². The van der Waals surface area contributed by atoms with Crippen LogP contribution in [0, 0.1) is 45.8 Å². The van der Waals surface area contributed by atoms with Gasteiger partial charge < -0.3 is 19.3 Å². The van der Waals surface area contributed by atoms with Crippen molar-refractivity contribution in [3.63, 3.8) is 0 Å². The minimum Gasteiger partial charge on any atom is -0.461 e. The summed E-state index contributed by atoms with van der Waals surface area (Å²) >= 11 is 0. The third-order valence-corrected chi connectivity index (χ3v) is 12.5. The molecule has 5 fully saturated rings. The van der Waals surface area contributed by atoms with Gasteiger partial charge in [-0.25, -0.2) is 4.79 Å². The molecule has 0 radical (unpaired) electrons. The van der Waals surface area contributed by atoms with E-state index in [1.807, 2.05) is 0 Å². The first-order valence-corrected chi connectivity index (χ1v) is 14.7. The van der Waals surface area contributed by atoms with Crippen molar-refractivity contribution in [1.29, 1.82) is 0 Å². The maximum atomic E-state index is 14.2. The molecule has 210 valence electrons. The summed E-state index contributed by atoms with van der Waals surface area (Å²) in [6.07, 6.45) is 4.96. The van der Waals surface area contributed by atoms with E-state index in [9.17, 15) is 19.5 Å². The number of carbonyl (C=O) groups excluding carboxylic acids is 3. The number of fused-ring (bicyclic) bond motifs is 6. The maximum absolute atomic E-state index is 14.2. The van der Waals surface area contributed by atoms with Crippen molar-refractivity contribution in [2.75, 3.05) is 0 Å². The molecule has 2 aliphatic heterocycles. The number of aliphatic hydroxyl groups excluding tert-OH is 1. The number of hydrogen-bond donors (Lipinski definition) is 1. The normalized spacial score (nSPS) is 51.5. The zero-order chi connectivity index (χ0) is 27.8. The summed E-state index contributed by atoms with van der Waals surface area (Å²) in [4.78, 5) is 39.2. The van der Waals surface area contributed by atoms with Crippen LogP contribution in [0.1, 0.15) is 73.1 Å². The third-order valence-electron chi connectivity index (χ3n) is 12.5. The van der Waals surface area contributed by atoms with Crippen LogP contribution in [0.2, 0.25) is 0 Å². The van der Waals surface area contributed by atoms with Gasteiger partial charge in [0.2, 0.25) is 0 Å². The van der Waals surface area contributed by atoms with Crippen molar-refractivity contribution < 1.29 is 33.7 Å². The van der Waals surface area contributed by atoms with E-state index >= 15 is 0 Å². The molecular weight excluding hydrogens is 496 g/mol. The molecule has 3 saturated carbocycles. The molecule has 2 spiro atoms. The summed E-state index contributed by atoms with van der Waals surface area (Å²) in [5, 5.41) is 11.1. The molecule has 12 atom stereocenters. The lowest BCUT2D eigenvalue weighted by atomic mass is 9.53. The molecule has 0 amide bonds.